The molecule has 2 nitrogen and oxygen atoms in total. The number of ketones is 1. The summed E-state index contributed by atoms with van der Waals surface area (Å²) in [5.74, 6) is 0.164. The topological polar surface area (TPSA) is 26.3 Å². The molecule has 1 rings (SSSR count). The summed E-state index contributed by atoms with van der Waals surface area (Å²) < 4.78 is 42.0. The third-order valence-electron chi connectivity index (χ3n) is 2.30. The monoisotopic (exact) mass is 246 g/mol. The summed E-state index contributed by atoms with van der Waals surface area (Å²) in [5, 5.41) is 0. The van der Waals surface area contributed by atoms with Crippen LogP contribution in [0.5, 0.6) is 5.75 Å². The molecule has 0 spiro atoms. The van der Waals surface area contributed by atoms with Crippen molar-refractivity contribution in [3.63, 3.8) is 0 Å². The molecule has 0 bridgehead atoms. The first kappa shape index (κ1) is 13.5. The second-order valence-corrected chi connectivity index (χ2v) is 3.60. The van der Waals surface area contributed by atoms with Crippen LogP contribution in [-0.4, -0.2) is 11.9 Å². The minimum absolute atomic E-state index is 0.0927. The van der Waals surface area contributed by atoms with E-state index >= 15 is 0 Å². The van der Waals surface area contributed by atoms with Gasteiger partial charge in [0.1, 0.15) is 5.75 Å². The molecule has 0 saturated carbocycles. The van der Waals surface area contributed by atoms with Gasteiger partial charge in [-0.3, -0.25) is 4.79 Å². The molecule has 0 aliphatic heterocycles. The number of carbonyl (C=O) groups excluding carboxylic acids is 1. The number of hydrogen-bond acceptors (Lipinski definition) is 2. The molecule has 17 heavy (non-hydrogen) atoms. The fourth-order valence-electron chi connectivity index (χ4n) is 1.28. The van der Waals surface area contributed by atoms with Gasteiger partial charge in [-0.05, 0) is 31.2 Å². The Morgan fingerprint density at radius 3 is 2.24 bits per heavy atom. The number of rotatable bonds is 4. The maximum atomic E-state index is 12.3. The molecule has 0 N–H and O–H groups in total. The number of hydrogen-bond donors (Lipinski definition) is 0. The van der Waals surface area contributed by atoms with Crippen molar-refractivity contribution < 1.29 is 22.7 Å². The normalized spacial score (nSPS) is 13.2. The van der Waals surface area contributed by atoms with Crippen molar-refractivity contribution in [2.75, 3.05) is 0 Å². The van der Waals surface area contributed by atoms with Gasteiger partial charge in [0, 0.05) is 6.42 Å². The Bertz CT molecular complexity index is 382. The highest BCUT2D eigenvalue weighted by Gasteiger charge is 2.30. The van der Waals surface area contributed by atoms with Gasteiger partial charge >= 0.3 is 6.18 Å². The van der Waals surface area contributed by atoms with Gasteiger partial charge in [0.2, 0.25) is 0 Å². The summed E-state index contributed by atoms with van der Waals surface area (Å²) in [6, 6.07) is 4.28. The number of ether oxygens (including phenoxy) is 1. The Labute approximate surface area is 97.4 Å². The summed E-state index contributed by atoms with van der Waals surface area (Å²) in [5.41, 5.74) is -0.737. The number of carbonyl (C=O) groups is 1. The van der Waals surface area contributed by atoms with E-state index in [1.807, 2.05) is 0 Å². The maximum absolute atomic E-state index is 12.3. The van der Waals surface area contributed by atoms with E-state index in [9.17, 15) is 18.0 Å². The predicted molar refractivity (Wildman–Crippen MR) is 56.8 cm³/mol. The average molecular weight is 246 g/mol. The SMILES string of the molecule is CCC(=O)C(C)Oc1ccc(C(F)(F)F)cc1. The van der Waals surface area contributed by atoms with Gasteiger partial charge in [0.05, 0.1) is 5.56 Å². The van der Waals surface area contributed by atoms with Gasteiger partial charge in [-0.15, -0.1) is 0 Å². The summed E-state index contributed by atoms with van der Waals surface area (Å²) in [6.45, 7) is 3.28. The first-order valence-corrected chi connectivity index (χ1v) is 5.21. The Morgan fingerprint density at radius 1 is 1.29 bits per heavy atom. The van der Waals surface area contributed by atoms with Crippen LogP contribution in [0.15, 0.2) is 24.3 Å². The minimum Gasteiger partial charge on any atom is -0.483 e. The van der Waals surface area contributed by atoms with E-state index in [0.717, 1.165) is 12.1 Å². The zero-order chi connectivity index (χ0) is 13.1. The smallest absolute Gasteiger partial charge is 0.416 e. The Hall–Kier alpha value is -1.52. The van der Waals surface area contributed by atoms with E-state index < -0.39 is 17.8 Å². The van der Waals surface area contributed by atoms with E-state index in [4.69, 9.17) is 4.74 Å². The van der Waals surface area contributed by atoms with Crippen LogP contribution in [-0.2, 0) is 11.0 Å². The molecule has 1 aromatic carbocycles. The summed E-state index contributed by atoms with van der Waals surface area (Å²) >= 11 is 0. The van der Waals surface area contributed by atoms with Gasteiger partial charge < -0.3 is 4.74 Å². The lowest BCUT2D eigenvalue weighted by Gasteiger charge is -2.13. The van der Waals surface area contributed by atoms with E-state index in [2.05, 4.69) is 0 Å². The first-order chi connectivity index (χ1) is 7.84. The fourth-order valence-corrected chi connectivity index (χ4v) is 1.28. The average Bonchev–Trinajstić information content (AvgIpc) is 2.27. The van der Waals surface area contributed by atoms with Crippen molar-refractivity contribution in [3.05, 3.63) is 29.8 Å². The molecular formula is C12H13F3O2. The van der Waals surface area contributed by atoms with Crippen LogP contribution in [0.25, 0.3) is 0 Å². The zero-order valence-electron chi connectivity index (χ0n) is 9.54. The van der Waals surface area contributed by atoms with Crippen LogP contribution in [0.2, 0.25) is 0 Å². The van der Waals surface area contributed by atoms with E-state index in [1.165, 1.54) is 12.1 Å². The standard InChI is InChI=1S/C12H13F3O2/c1-3-11(16)8(2)17-10-6-4-9(5-7-10)12(13,14)15/h4-8H,3H2,1-2H3. The van der Waals surface area contributed by atoms with Crippen molar-refractivity contribution in [2.45, 2.75) is 32.5 Å². The molecular weight excluding hydrogens is 233 g/mol. The molecule has 0 aromatic heterocycles. The number of halogens is 3. The van der Waals surface area contributed by atoms with E-state index in [0.29, 0.717) is 6.42 Å². The number of Topliss-reactive ketones (excluding diaryl/α,β-unsaturated/α-hetero) is 1. The fraction of sp³-hybridized carbons (Fsp3) is 0.417. The molecule has 0 aliphatic rings. The Kier molecular flexibility index (Phi) is 4.15. The minimum atomic E-state index is -4.36. The van der Waals surface area contributed by atoms with Crippen molar-refractivity contribution in [3.8, 4) is 5.75 Å². The summed E-state index contributed by atoms with van der Waals surface area (Å²) in [7, 11) is 0. The van der Waals surface area contributed by atoms with Crippen molar-refractivity contribution in [2.24, 2.45) is 0 Å². The quantitative estimate of drug-likeness (QED) is 0.813. The first-order valence-electron chi connectivity index (χ1n) is 5.21. The summed E-state index contributed by atoms with van der Waals surface area (Å²) in [6.07, 6.45) is -4.66. The third-order valence-corrected chi connectivity index (χ3v) is 2.30. The van der Waals surface area contributed by atoms with Crippen LogP contribution in [0.4, 0.5) is 13.2 Å². The van der Waals surface area contributed by atoms with Gasteiger partial charge in [-0.1, -0.05) is 6.92 Å². The molecule has 0 aliphatic carbocycles. The predicted octanol–water partition coefficient (Wildman–Crippen LogP) is 3.45. The van der Waals surface area contributed by atoms with Crippen molar-refractivity contribution in [1.29, 1.82) is 0 Å². The van der Waals surface area contributed by atoms with Gasteiger partial charge in [0.15, 0.2) is 11.9 Å². The molecule has 94 valence electrons. The highest BCUT2D eigenvalue weighted by molar-refractivity contribution is 5.82. The number of alkyl halides is 3. The van der Waals surface area contributed by atoms with Crippen molar-refractivity contribution >= 4 is 5.78 Å². The second-order valence-electron chi connectivity index (χ2n) is 3.60. The van der Waals surface area contributed by atoms with Crippen LogP contribution in [0.1, 0.15) is 25.8 Å². The van der Waals surface area contributed by atoms with Crippen LogP contribution in [0, 0.1) is 0 Å². The lowest BCUT2D eigenvalue weighted by atomic mass is 10.2. The largest absolute Gasteiger partial charge is 0.483 e. The molecule has 0 radical (unpaired) electrons. The lowest BCUT2D eigenvalue weighted by molar-refractivity contribution is -0.137. The van der Waals surface area contributed by atoms with Gasteiger partial charge in [0.25, 0.3) is 0 Å². The Morgan fingerprint density at radius 2 is 1.82 bits per heavy atom. The molecule has 1 aromatic rings. The highest BCUT2D eigenvalue weighted by Crippen LogP contribution is 2.30. The second kappa shape index (κ2) is 5.21. The third kappa shape index (κ3) is 3.76. The van der Waals surface area contributed by atoms with Crippen LogP contribution < -0.4 is 4.74 Å². The molecule has 0 fully saturated rings. The zero-order valence-corrected chi connectivity index (χ0v) is 9.54. The van der Waals surface area contributed by atoms with E-state index in [1.54, 1.807) is 13.8 Å². The maximum Gasteiger partial charge on any atom is 0.416 e. The van der Waals surface area contributed by atoms with E-state index in [-0.39, 0.29) is 11.5 Å². The summed E-state index contributed by atoms with van der Waals surface area (Å²) in [4.78, 5) is 11.2. The Balaban J connectivity index is 2.72. The molecule has 1 unspecified atom stereocenters. The molecule has 1 atom stereocenters. The molecule has 5 heteroatoms. The molecule has 0 heterocycles. The van der Waals surface area contributed by atoms with Crippen LogP contribution >= 0.6 is 0 Å². The lowest BCUT2D eigenvalue weighted by Crippen LogP contribution is -2.22. The molecule has 0 amide bonds. The van der Waals surface area contributed by atoms with Gasteiger partial charge in [-0.25, -0.2) is 0 Å². The molecule has 0 saturated heterocycles. The van der Waals surface area contributed by atoms with Crippen LogP contribution in [0.3, 0.4) is 0 Å². The highest BCUT2D eigenvalue weighted by atomic mass is 19.4. The van der Waals surface area contributed by atoms with Gasteiger partial charge in [-0.2, -0.15) is 13.2 Å². The van der Waals surface area contributed by atoms with Crippen molar-refractivity contribution in [1.82, 2.24) is 0 Å². The number of benzene rings is 1.